The topological polar surface area (TPSA) is 73.9 Å². The van der Waals surface area contributed by atoms with Gasteiger partial charge in [0.15, 0.2) is 5.52 Å². The van der Waals surface area contributed by atoms with Gasteiger partial charge in [-0.05, 0) is 29.9 Å². The van der Waals surface area contributed by atoms with Gasteiger partial charge in [-0.2, -0.15) is 5.26 Å². The smallest absolute Gasteiger partial charge is 0.330 e. The lowest BCUT2D eigenvalue weighted by Crippen LogP contribution is -2.35. The van der Waals surface area contributed by atoms with E-state index in [2.05, 4.69) is 0 Å². The van der Waals surface area contributed by atoms with Gasteiger partial charge in [-0.3, -0.25) is 5.73 Å². The average molecular weight is 200 g/mol. The summed E-state index contributed by atoms with van der Waals surface area (Å²) in [6.07, 6.45) is 0. The van der Waals surface area contributed by atoms with Crippen LogP contribution < -0.4 is 10.5 Å². The SMILES string of the molecule is Cc1ccc2c(c1)cc(C#N)c(N)[n+]2O. The summed E-state index contributed by atoms with van der Waals surface area (Å²) in [5.74, 6) is 0.0638. The van der Waals surface area contributed by atoms with Crippen molar-refractivity contribution in [3.8, 4) is 6.07 Å². The van der Waals surface area contributed by atoms with E-state index in [1.54, 1.807) is 12.1 Å². The van der Waals surface area contributed by atoms with E-state index in [1.807, 2.05) is 25.1 Å². The lowest BCUT2D eigenvalue weighted by Gasteiger charge is -2.02. The first-order valence-corrected chi connectivity index (χ1v) is 4.47. The molecule has 0 bridgehead atoms. The number of benzene rings is 1. The van der Waals surface area contributed by atoms with Gasteiger partial charge in [0.1, 0.15) is 11.6 Å². The molecule has 0 amide bonds. The van der Waals surface area contributed by atoms with E-state index in [1.165, 1.54) is 0 Å². The van der Waals surface area contributed by atoms with Crippen LogP contribution in [0.15, 0.2) is 24.3 Å². The van der Waals surface area contributed by atoms with Gasteiger partial charge in [-0.25, -0.2) is 0 Å². The van der Waals surface area contributed by atoms with Gasteiger partial charge in [-0.15, -0.1) is 0 Å². The van der Waals surface area contributed by atoms with Gasteiger partial charge in [0.2, 0.25) is 0 Å². The van der Waals surface area contributed by atoms with Crippen LogP contribution in [-0.2, 0) is 0 Å². The van der Waals surface area contributed by atoms with Crippen molar-refractivity contribution < 1.29 is 9.94 Å². The van der Waals surface area contributed by atoms with Crippen LogP contribution in [0.4, 0.5) is 5.82 Å². The summed E-state index contributed by atoms with van der Waals surface area (Å²) < 4.78 is 0.841. The zero-order valence-corrected chi connectivity index (χ0v) is 8.23. The summed E-state index contributed by atoms with van der Waals surface area (Å²) in [5, 5.41) is 19.3. The second-order valence-electron chi connectivity index (χ2n) is 3.43. The van der Waals surface area contributed by atoms with E-state index in [-0.39, 0.29) is 11.4 Å². The summed E-state index contributed by atoms with van der Waals surface area (Å²) in [7, 11) is 0. The molecular formula is C11H10N3O+. The maximum absolute atomic E-state index is 9.70. The van der Waals surface area contributed by atoms with Crippen LogP contribution in [0.5, 0.6) is 0 Å². The summed E-state index contributed by atoms with van der Waals surface area (Å²) >= 11 is 0. The Kier molecular flexibility index (Phi) is 1.94. The van der Waals surface area contributed by atoms with Gasteiger partial charge in [0.05, 0.1) is 0 Å². The van der Waals surface area contributed by atoms with Crippen LogP contribution in [-0.4, -0.2) is 5.21 Å². The van der Waals surface area contributed by atoms with E-state index < -0.39 is 0 Å². The van der Waals surface area contributed by atoms with Gasteiger partial charge in [0, 0.05) is 5.39 Å². The second kappa shape index (κ2) is 3.14. The molecule has 4 heteroatoms. The first-order chi connectivity index (χ1) is 7.13. The van der Waals surface area contributed by atoms with Crippen LogP contribution in [0.2, 0.25) is 0 Å². The highest BCUT2D eigenvalue weighted by Gasteiger charge is 2.15. The van der Waals surface area contributed by atoms with Gasteiger partial charge < -0.3 is 5.21 Å². The monoisotopic (exact) mass is 200 g/mol. The molecule has 0 aliphatic heterocycles. The number of nitrogens with two attached hydrogens (primary N) is 1. The van der Waals surface area contributed by atoms with Gasteiger partial charge >= 0.3 is 5.82 Å². The number of nitrogens with zero attached hydrogens (tertiary/aromatic N) is 2. The molecule has 0 spiro atoms. The van der Waals surface area contributed by atoms with Crippen molar-refractivity contribution in [2.75, 3.05) is 5.73 Å². The maximum atomic E-state index is 9.70. The standard InChI is InChI=1S/C11H9N3O/c1-7-2-3-10-8(4-7)5-9(6-12)11(13)14(10)15/h2-5,13,15H,1H3/p+1. The number of hydrogen-bond donors (Lipinski definition) is 2. The lowest BCUT2D eigenvalue weighted by atomic mass is 10.1. The quantitative estimate of drug-likeness (QED) is 0.494. The number of aromatic nitrogens is 1. The highest BCUT2D eigenvalue weighted by Crippen LogP contribution is 2.16. The number of pyridine rings is 1. The van der Waals surface area contributed by atoms with Crippen LogP contribution in [0.25, 0.3) is 10.9 Å². The highest BCUT2D eigenvalue weighted by molar-refractivity contribution is 5.79. The first-order valence-electron chi connectivity index (χ1n) is 4.47. The van der Waals surface area contributed by atoms with Crippen molar-refractivity contribution in [3.63, 3.8) is 0 Å². The zero-order valence-electron chi connectivity index (χ0n) is 8.23. The van der Waals surface area contributed by atoms with E-state index in [4.69, 9.17) is 11.0 Å². The van der Waals surface area contributed by atoms with Crippen LogP contribution in [0, 0.1) is 18.3 Å². The Labute approximate surface area is 86.8 Å². The van der Waals surface area contributed by atoms with Crippen molar-refractivity contribution in [1.82, 2.24) is 0 Å². The lowest BCUT2D eigenvalue weighted by molar-refractivity contribution is -0.873. The molecule has 0 unspecified atom stereocenters. The molecule has 2 rings (SSSR count). The van der Waals surface area contributed by atoms with E-state index in [0.29, 0.717) is 5.52 Å². The van der Waals surface area contributed by atoms with Crippen molar-refractivity contribution in [2.45, 2.75) is 6.92 Å². The van der Waals surface area contributed by atoms with Crippen molar-refractivity contribution in [1.29, 1.82) is 5.26 Å². The zero-order chi connectivity index (χ0) is 11.0. The highest BCUT2D eigenvalue weighted by atomic mass is 16.5. The molecule has 4 nitrogen and oxygen atoms in total. The van der Waals surface area contributed by atoms with Crippen LogP contribution in [0.3, 0.4) is 0 Å². The molecule has 1 heterocycles. The van der Waals surface area contributed by atoms with E-state index in [0.717, 1.165) is 15.7 Å². The fraction of sp³-hybridized carbons (Fsp3) is 0.0909. The number of aryl methyl sites for hydroxylation is 1. The summed E-state index contributed by atoms with van der Waals surface area (Å²) in [5.41, 5.74) is 7.52. The van der Waals surface area contributed by atoms with Crippen molar-refractivity contribution in [3.05, 3.63) is 35.4 Å². The molecule has 0 fully saturated rings. The summed E-state index contributed by atoms with van der Waals surface area (Å²) in [4.78, 5) is 0. The Morgan fingerprint density at radius 3 is 2.80 bits per heavy atom. The Hall–Kier alpha value is -2.28. The molecule has 0 radical (unpaired) electrons. The van der Waals surface area contributed by atoms with Crippen molar-refractivity contribution in [2.24, 2.45) is 0 Å². The normalized spacial score (nSPS) is 10.1. The third kappa shape index (κ3) is 1.34. The Morgan fingerprint density at radius 2 is 2.13 bits per heavy atom. The Balaban J connectivity index is 2.92. The van der Waals surface area contributed by atoms with Gasteiger partial charge in [-0.1, -0.05) is 11.6 Å². The largest absolute Gasteiger partial charge is 0.349 e. The third-order valence-electron chi connectivity index (χ3n) is 2.34. The van der Waals surface area contributed by atoms with Crippen molar-refractivity contribution >= 4 is 16.7 Å². The number of nitriles is 1. The minimum absolute atomic E-state index is 0.0638. The number of rotatable bonds is 0. The molecule has 0 saturated heterocycles. The third-order valence-corrected chi connectivity index (χ3v) is 2.34. The molecule has 0 aliphatic rings. The van der Waals surface area contributed by atoms with E-state index >= 15 is 0 Å². The molecule has 2 aromatic rings. The fourth-order valence-corrected chi connectivity index (χ4v) is 1.55. The molecular weight excluding hydrogens is 190 g/mol. The second-order valence-corrected chi connectivity index (χ2v) is 3.43. The molecule has 0 aliphatic carbocycles. The molecule has 3 N–H and O–H groups in total. The molecule has 0 atom stereocenters. The average Bonchev–Trinajstić information content (AvgIpc) is 2.23. The fourth-order valence-electron chi connectivity index (χ4n) is 1.55. The Bertz CT molecular complexity index is 584. The molecule has 74 valence electrons. The molecule has 1 aromatic heterocycles. The number of anilines is 1. The maximum Gasteiger partial charge on any atom is 0.330 e. The number of hydrogen-bond acceptors (Lipinski definition) is 3. The number of fused-ring (bicyclic) bond motifs is 1. The van der Waals surface area contributed by atoms with Crippen LogP contribution >= 0.6 is 0 Å². The predicted octanol–water partition coefficient (Wildman–Crippen LogP) is 1.13. The summed E-state index contributed by atoms with van der Waals surface area (Å²) in [6, 6.07) is 9.15. The van der Waals surface area contributed by atoms with Gasteiger partial charge in [0.25, 0.3) is 0 Å². The van der Waals surface area contributed by atoms with E-state index in [9.17, 15) is 5.21 Å². The molecule has 0 saturated carbocycles. The summed E-state index contributed by atoms with van der Waals surface area (Å²) in [6.45, 7) is 1.95. The molecule has 1 aromatic carbocycles. The Morgan fingerprint density at radius 1 is 1.40 bits per heavy atom. The minimum Gasteiger partial charge on any atom is -0.349 e. The minimum atomic E-state index is 0.0638. The first kappa shape index (κ1) is 9.28. The number of nitrogen functional groups attached to an aromatic ring is 1. The molecule has 15 heavy (non-hydrogen) atoms. The van der Waals surface area contributed by atoms with Crippen LogP contribution in [0.1, 0.15) is 11.1 Å². The predicted molar refractivity (Wildman–Crippen MR) is 55.2 cm³/mol.